The smallest absolute Gasteiger partial charge is 0.319 e. The molecule has 0 saturated carbocycles. The zero-order valence-electron chi connectivity index (χ0n) is 16.7. The third-order valence-corrected chi connectivity index (χ3v) is 4.32. The number of hydrogen-bond acceptors (Lipinski definition) is 2. The van der Waals surface area contributed by atoms with Gasteiger partial charge in [0, 0.05) is 36.4 Å². The van der Waals surface area contributed by atoms with Gasteiger partial charge in [-0.05, 0) is 61.4 Å². The minimum atomic E-state index is -0.233. The lowest BCUT2D eigenvalue weighted by Crippen LogP contribution is -2.34. The summed E-state index contributed by atoms with van der Waals surface area (Å²) in [6, 6.07) is 19.2. The van der Waals surface area contributed by atoms with Gasteiger partial charge < -0.3 is 20.5 Å². The Morgan fingerprint density at radius 3 is 2.14 bits per heavy atom. The molecule has 2 aromatic carbocycles. The van der Waals surface area contributed by atoms with Crippen molar-refractivity contribution in [3.8, 4) is 5.69 Å². The fourth-order valence-corrected chi connectivity index (χ4v) is 2.88. The molecule has 0 spiro atoms. The van der Waals surface area contributed by atoms with E-state index < -0.39 is 0 Å². The second-order valence-electron chi connectivity index (χ2n) is 7.16. The highest BCUT2D eigenvalue weighted by Gasteiger charge is 2.06. The maximum absolute atomic E-state index is 12.2. The molecule has 6 nitrogen and oxygen atoms in total. The molecule has 3 N–H and O–H groups in total. The summed E-state index contributed by atoms with van der Waals surface area (Å²) in [5.74, 6) is -0.0303. The van der Waals surface area contributed by atoms with Crippen LogP contribution >= 0.6 is 0 Å². The fourth-order valence-electron chi connectivity index (χ4n) is 2.88. The molecular formula is C23H26N4O2. The Kier molecular flexibility index (Phi) is 6.68. The zero-order valence-corrected chi connectivity index (χ0v) is 16.7. The van der Waals surface area contributed by atoms with Gasteiger partial charge >= 0.3 is 6.03 Å². The first-order valence-corrected chi connectivity index (χ1v) is 9.65. The lowest BCUT2D eigenvalue weighted by atomic mass is 10.1. The first-order chi connectivity index (χ1) is 14.0. The molecule has 0 aliphatic carbocycles. The average molecular weight is 390 g/mol. The summed E-state index contributed by atoms with van der Waals surface area (Å²) in [6.45, 7) is 4.25. The van der Waals surface area contributed by atoms with Gasteiger partial charge in [0.15, 0.2) is 0 Å². The molecule has 1 aromatic heterocycles. The predicted molar refractivity (Wildman–Crippen MR) is 115 cm³/mol. The summed E-state index contributed by atoms with van der Waals surface area (Å²) in [6.07, 6.45) is 4.31. The first-order valence-electron chi connectivity index (χ1n) is 9.65. The van der Waals surface area contributed by atoms with Crippen molar-refractivity contribution in [2.75, 3.05) is 5.32 Å². The number of urea groups is 1. The summed E-state index contributed by atoms with van der Waals surface area (Å²) >= 11 is 0. The molecule has 29 heavy (non-hydrogen) atoms. The molecular weight excluding hydrogens is 364 g/mol. The Morgan fingerprint density at radius 2 is 1.52 bits per heavy atom. The van der Waals surface area contributed by atoms with Crippen molar-refractivity contribution < 1.29 is 9.59 Å². The molecule has 1 heterocycles. The third-order valence-electron chi connectivity index (χ3n) is 4.32. The lowest BCUT2D eigenvalue weighted by Gasteiger charge is -2.11. The molecule has 0 aliphatic rings. The molecule has 0 bridgehead atoms. The number of hydrogen-bond donors (Lipinski definition) is 3. The SMILES string of the molecule is CC(C)NC(=O)Nc1ccc(CNC(=O)Cc2ccc(-n3cccc3)cc2)cc1. The summed E-state index contributed by atoms with van der Waals surface area (Å²) in [4.78, 5) is 23.9. The van der Waals surface area contributed by atoms with Crippen LogP contribution in [0, 0.1) is 0 Å². The van der Waals surface area contributed by atoms with E-state index in [4.69, 9.17) is 0 Å². The Bertz CT molecular complexity index is 930. The van der Waals surface area contributed by atoms with Crippen molar-refractivity contribution in [2.24, 2.45) is 0 Å². The van der Waals surface area contributed by atoms with Gasteiger partial charge in [-0.3, -0.25) is 4.79 Å². The van der Waals surface area contributed by atoms with E-state index in [-0.39, 0.29) is 18.0 Å². The van der Waals surface area contributed by atoms with Crippen LogP contribution in [-0.4, -0.2) is 22.5 Å². The molecule has 3 amide bonds. The number of benzene rings is 2. The number of anilines is 1. The van der Waals surface area contributed by atoms with Crippen LogP contribution in [0.1, 0.15) is 25.0 Å². The van der Waals surface area contributed by atoms with E-state index in [2.05, 4.69) is 16.0 Å². The van der Waals surface area contributed by atoms with E-state index in [1.165, 1.54) is 0 Å². The predicted octanol–water partition coefficient (Wildman–Crippen LogP) is 3.87. The molecule has 0 aliphatic heterocycles. The van der Waals surface area contributed by atoms with Gasteiger partial charge in [0.2, 0.25) is 5.91 Å². The maximum Gasteiger partial charge on any atom is 0.319 e. The van der Waals surface area contributed by atoms with E-state index in [9.17, 15) is 9.59 Å². The van der Waals surface area contributed by atoms with E-state index >= 15 is 0 Å². The maximum atomic E-state index is 12.2. The normalized spacial score (nSPS) is 10.6. The van der Waals surface area contributed by atoms with Crippen molar-refractivity contribution in [2.45, 2.75) is 32.9 Å². The van der Waals surface area contributed by atoms with E-state index in [0.29, 0.717) is 18.7 Å². The topological polar surface area (TPSA) is 75.2 Å². The van der Waals surface area contributed by atoms with Crippen LogP contribution < -0.4 is 16.0 Å². The van der Waals surface area contributed by atoms with Crippen molar-refractivity contribution in [1.82, 2.24) is 15.2 Å². The summed E-state index contributed by atoms with van der Waals surface area (Å²) in [5, 5.41) is 8.48. The molecule has 0 radical (unpaired) electrons. The van der Waals surface area contributed by atoms with E-state index in [0.717, 1.165) is 16.8 Å². The standard InChI is InChI=1S/C23H26N4O2/c1-17(2)25-23(29)26-20-9-5-19(6-10-20)16-24-22(28)15-18-7-11-21(12-8-18)27-13-3-4-14-27/h3-14,17H,15-16H2,1-2H3,(H,24,28)(H2,25,26,29). The highest BCUT2D eigenvalue weighted by Crippen LogP contribution is 2.11. The number of aromatic nitrogens is 1. The van der Waals surface area contributed by atoms with Crippen LogP contribution in [0.5, 0.6) is 0 Å². The van der Waals surface area contributed by atoms with Crippen LogP contribution in [0.3, 0.4) is 0 Å². The molecule has 3 rings (SSSR count). The second kappa shape index (κ2) is 9.59. The number of carbonyl (C=O) groups is 2. The van der Waals surface area contributed by atoms with Crippen molar-refractivity contribution >= 4 is 17.6 Å². The van der Waals surface area contributed by atoms with Gasteiger partial charge in [-0.1, -0.05) is 24.3 Å². The van der Waals surface area contributed by atoms with Gasteiger partial charge in [0.05, 0.1) is 6.42 Å². The summed E-state index contributed by atoms with van der Waals surface area (Å²) in [7, 11) is 0. The molecule has 0 saturated heterocycles. The van der Waals surface area contributed by atoms with E-state index in [1.807, 2.05) is 91.5 Å². The molecule has 150 valence electrons. The number of nitrogens with zero attached hydrogens (tertiary/aromatic N) is 1. The molecule has 0 atom stereocenters. The average Bonchev–Trinajstić information content (AvgIpc) is 3.22. The number of carbonyl (C=O) groups excluding carboxylic acids is 2. The Morgan fingerprint density at radius 1 is 0.897 bits per heavy atom. The van der Waals surface area contributed by atoms with Crippen molar-refractivity contribution in [3.05, 3.63) is 84.2 Å². The fraction of sp³-hybridized carbons (Fsp3) is 0.217. The van der Waals surface area contributed by atoms with Crippen LogP contribution in [0.25, 0.3) is 5.69 Å². The van der Waals surface area contributed by atoms with Gasteiger partial charge in [-0.15, -0.1) is 0 Å². The highest BCUT2D eigenvalue weighted by atomic mass is 16.2. The molecule has 0 fully saturated rings. The molecule has 0 unspecified atom stereocenters. The van der Waals surface area contributed by atoms with E-state index in [1.54, 1.807) is 0 Å². The Hall–Kier alpha value is -3.54. The first kappa shape index (κ1) is 20.2. The van der Waals surface area contributed by atoms with Gasteiger partial charge in [0.1, 0.15) is 0 Å². The monoisotopic (exact) mass is 390 g/mol. The minimum absolute atomic E-state index is 0.0303. The number of amides is 3. The highest BCUT2D eigenvalue weighted by molar-refractivity contribution is 5.89. The van der Waals surface area contributed by atoms with Crippen LogP contribution in [0.2, 0.25) is 0 Å². The summed E-state index contributed by atoms with van der Waals surface area (Å²) < 4.78 is 2.02. The van der Waals surface area contributed by atoms with Gasteiger partial charge in [0.25, 0.3) is 0 Å². The number of rotatable bonds is 7. The van der Waals surface area contributed by atoms with Crippen LogP contribution in [0.4, 0.5) is 10.5 Å². The molecule has 6 heteroatoms. The second-order valence-corrected chi connectivity index (χ2v) is 7.16. The molecule has 3 aromatic rings. The van der Waals surface area contributed by atoms with Gasteiger partial charge in [-0.2, -0.15) is 0 Å². The lowest BCUT2D eigenvalue weighted by molar-refractivity contribution is -0.120. The minimum Gasteiger partial charge on any atom is -0.352 e. The van der Waals surface area contributed by atoms with Crippen LogP contribution in [0.15, 0.2) is 73.1 Å². The largest absolute Gasteiger partial charge is 0.352 e. The van der Waals surface area contributed by atoms with Crippen molar-refractivity contribution in [3.63, 3.8) is 0 Å². The van der Waals surface area contributed by atoms with Crippen molar-refractivity contribution in [1.29, 1.82) is 0 Å². The Labute approximate surface area is 170 Å². The third kappa shape index (κ3) is 6.24. The quantitative estimate of drug-likeness (QED) is 0.573. The zero-order chi connectivity index (χ0) is 20.6. The Balaban J connectivity index is 1.46. The van der Waals surface area contributed by atoms with Crippen LogP contribution in [-0.2, 0) is 17.8 Å². The number of nitrogens with one attached hydrogen (secondary N) is 3. The summed E-state index contributed by atoms with van der Waals surface area (Å²) in [5.41, 5.74) is 3.71. The van der Waals surface area contributed by atoms with Gasteiger partial charge in [-0.25, -0.2) is 4.79 Å².